The van der Waals surface area contributed by atoms with Crippen molar-refractivity contribution in [3.8, 4) is 17.0 Å². The van der Waals surface area contributed by atoms with Crippen molar-refractivity contribution >= 4 is 5.82 Å². The van der Waals surface area contributed by atoms with Gasteiger partial charge in [-0.05, 0) is 43.5 Å². The molecule has 2 rings (SSSR count). The highest BCUT2D eigenvalue weighted by atomic mass is 16.5. The first-order valence-corrected chi connectivity index (χ1v) is 6.83. The maximum Gasteiger partial charge on any atom is 0.130 e. The Labute approximate surface area is 120 Å². The largest absolute Gasteiger partial charge is 0.496 e. The molecule has 0 saturated carbocycles. The molecule has 106 valence electrons. The van der Waals surface area contributed by atoms with Crippen molar-refractivity contribution in [2.45, 2.75) is 33.6 Å². The third-order valence-corrected chi connectivity index (χ3v) is 3.48. The van der Waals surface area contributed by atoms with E-state index >= 15 is 0 Å². The highest BCUT2D eigenvalue weighted by molar-refractivity contribution is 5.72. The molecule has 0 unspecified atom stereocenters. The van der Waals surface area contributed by atoms with Crippen LogP contribution in [0.3, 0.4) is 0 Å². The van der Waals surface area contributed by atoms with Gasteiger partial charge in [-0.3, -0.25) is 0 Å². The molecule has 0 aliphatic carbocycles. The van der Waals surface area contributed by atoms with Gasteiger partial charge >= 0.3 is 0 Å². The van der Waals surface area contributed by atoms with Crippen LogP contribution < -0.4 is 10.5 Å². The highest BCUT2D eigenvalue weighted by Crippen LogP contribution is 2.32. The lowest BCUT2D eigenvalue weighted by Gasteiger charge is -2.14. The summed E-state index contributed by atoms with van der Waals surface area (Å²) in [5, 5.41) is 0. The van der Waals surface area contributed by atoms with Gasteiger partial charge in [-0.25, -0.2) is 9.97 Å². The third kappa shape index (κ3) is 2.59. The van der Waals surface area contributed by atoms with Crippen LogP contribution in [0.25, 0.3) is 11.3 Å². The lowest BCUT2D eigenvalue weighted by atomic mass is 9.97. The minimum atomic E-state index is 0.574. The van der Waals surface area contributed by atoms with Gasteiger partial charge in [0.2, 0.25) is 0 Å². The lowest BCUT2D eigenvalue weighted by molar-refractivity contribution is 0.411. The maximum atomic E-state index is 6.01. The second kappa shape index (κ2) is 5.90. The number of nitrogen functional groups attached to an aromatic ring is 1. The Morgan fingerprint density at radius 1 is 1.15 bits per heavy atom. The van der Waals surface area contributed by atoms with Gasteiger partial charge in [0.05, 0.1) is 12.8 Å². The number of anilines is 1. The summed E-state index contributed by atoms with van der Waals surface area (Å²) >= 11 is 0. The standard InChI is InChI=1S/C16H21N3O/c1-5-6-12-15(18-9-19-16(12)17)13-7-11(3)14(20-4)8-10(13)2/h7-9H,5-6H2,1-4H3,(H2,17,18,19). The Kier molecular flexibility index (Phi) is 4.23. The number of nitrogens with two attached hydrogens (primary N) is 1. The molecule has 0 saturated heterocycles. The number of hydrogen-bond donors (Lipinski definition) is 1. The number of benzene rings is 1. The summed E-state index contributed by atoms with van der Waals surface area (Å²) in [7, 11) is 1.69. The van der Waals surface area contributed by atoms with E-state index in [0.717, 1.165) is 46.5 Å². The van der Waals surface area contributed by atoms with Crippen molar-refractivity contribution in [1.29, 1.82) is 0 Å². The summed E-state index contributed by atoms with van der Waals surface area (Å²) < 4.78 is 5.36. The Morgan fingerprint density at radius 2 is 1.90 bits per heavy atom. The minimum Gasteiger partial charge on any atom is -0.496 e. The van der Waals surface area contributed by atoms with Gasteiger partial charge in [0.15, 0.2) is 0 Å². The van der Waals surface area contributed by atoms with Crippen molar-refractivity contribution in [1.82, 2.24) is 9.97 Å². The van der Waals surface area contributed by atoms with Crippen LogP contribution in [0, 0.1) is 13.8 Å². The molecule has 0 amide bonds. The fourth-order valence-electron chi connectivity index (χ4n) is 2.42. The number of aromatic nitrogens is 2. The molecule has 2 aromatic rings. The molecule has 2 N–H and O–H groups in total. The van der Waals surface area contributed by atoms with Crippen molar-refractivity contribution in [2.75, 3.05) is 12.8 Å². The SMILES string of the molecule is CCCc1c(N)ncnc1-c1cc(C)c(OC)cc1C. The molecule has 0 atom stereocenters. The number of methoxy groups -OCH3 is 1. The molecule has 0 aliphatic rings. The number of aryl methyl sites for hydroxylation is 2. The lowest BCUT2D eigenvalue weighted by Crippen LogP contribution is -2.03. The minimum absolute atomic E-state index is 0.574. The Balaban J connectivity index is 2.62. The Hall–Kier alpha value is -2.10. The average Bonchev–Trinajstić information content (AvgIpc) is 2.43. The van der Waals surface area contributed by atoms with E-state index in [9.17, 15) is 0 Å². The van der Waals surface area contributed by atoms with E-state index in [-0.39, 0.29) is 0 Å². The third-order valence-electron chi connectivity index (χ3n) is 3.48. The van der Waals surface area contributed by atoms with Crippen LogP contribution in [-0.2, 0) is 6.42 Å². The average molecular weight is 271 g/mol. The molecule has 1 aromatic carbocycles. The zero-order valence-corrected chi connectivity index (χ0v) is 12.5. The molecule has 1 aromatic heterocycles. The van der Waals surface area contributed by atoms with Gasteiger partial charge in [0, 0.05) is 11.1 Å². The van der Waals surface area contributed by atoms with Crippen molar-refractivity contribution in [3.63, 3.8) is 0 Å². The van der Waals surface area contributed by atoms with E-state index in [4.69, 9.17) is 10.5 Å². The first kappa shape index (κ1) is 14.3. The number of hydrogen-bond acceptors (Lipinski definition) is 4. The van der Waals surface area contributed by atoms with Crippen molar-refractivity contribution in [2.24, 2.45) is 0 Å². The summed E-state index contributed by atoms with van der Waals surface area (Å²) in [4.78, 5) is 8.57. The normalized spacial score (nSPS) is 10.6. The molecule has 0 aliphatic heterocycles. The van der Waals surface area contributed by atoms with Crippen LogP contribution in [0.15, 0.2) is 18.5 Å². The summed E-state index contributed by atoms with van der Waals surface area (Å²) in [6, 6.07) is 4.15. The molecule has 4 heteroatoms. The fraction of sp³-hybridized carbons (Fsp3) is 0.375. The van der Waals surface area contributed by atoms with E-state index in [1.165, 1.54) is 6.33 Å². The molecule has 0 fully saturated rings. The molecule has 20 heavy (non-hydrogen) atoms. The van der Waals surface area contributed by atoms with Crippen molar-refractivity contribution in [3.05, 3.63) is 35.2 Å². The zero-order valence-electron chi connectivity index (χ0n) is 12.5. The van der Waals surface area contributed by atoms with Gasteiger partial charge in [-0.2, -0.15) is 0 Å². The second-order valence-electron chi connectivity index (χ2n) is 4.97. The first-order chi connectivity index (χ1) is 9.58. The van der Waals surface area contributed by atoms with E-state index < -0.39 is 0 Å². The van der Waals surface area contributed by atoms with E-state index in [1.807, 2.05) is 13.0 Å². The predicted octanol–water partition coefficient (Wildman–Crippen LogP) is 3.30. The molecule has 1 heterocycles. The predicted molar refractivity (Wildman–Crippen MR) is 81.9 cm³/mol. The van der Waals surface area contributed by atoms with E-state index in [0.29, 0.717) is 5.82 Å². The molecular weight excluding hydrogens is 250 g/mol. The zero-order chi connectivity index (χ0) is 14.7. The maximum absolute atomic E-state index is 6.01. The van der Waals surface area contributed by atoms with E-state index in [2.05, 4.69) is 29.9 Å². The topological polar surface area (TPSA) is 61.0 Å². The molecular formula is C16H21N3O. The Morgan fingerprint density at radius 3 is 2.55 bits per heavy atom. The van der Waals surface area contributed by atoms with Gasteiger partial charge in [0.25, 0.3) is 0 Å². The van der Waals surface area contributed by atoms with E-state index in [1.54, 1.807) is 7.11 Å². The van der Waals surface area contributed by atoms with Crippen LogP contribution in [0.2, 0.25) is 0 Å². The van der Waals surface area contributed by atoms with Gasteiger partial charge in [0.1, 0.15) is 17.9 Å². The van der Waals surface area contributed by atoms with Crippen LogP contribution in [0.5, 0.6) is 5.75 Å². The number of rotatable bonds is 4. The molecule has 0 radical (unpaired) electrons. The van der Waals surface area contributed by atoms with Gasteiger partial charge < -0.3 is 10.5 Å². The monoisotopic (exact) mass is 271 g/mol. The quantitative estimate of drug-likeness (QED) is 0.926. The summed E-state index contributed by atoms with van der Waals surface area (Å²) in [5.41, 5.74) is 11.3. The van der Waals surface area contributed by atoms with Crippen LogP contribution in [0.1, 0.15) is 30.0 Å². The van der Waals surface area contributed by atoms with Crippen LogP contribution in [-0.4, -0.2) is 17.1 Å². The highest BCUT2D eigenvalue weighted by Gasteiger charge is 2.14. The fourth-order valence-corrected chi connectivity index (χ4v) is 2.42. The second-order valence-corrected chi connectivity index (χ2v) is 4.97. The van der Waals surface area contributed by atoms with Gasteiger partial charge in [-0.15, -0.1) is 0 Å². The molecule has 4 nitrogen and oxygen atoms in total. The number of ether oxygens (including phenoxy) is 1. The van der Waals surface area contributed by atoms with Crippen LogP contribution >= 0.6 is 0 Å². The van der Waals surface area contributed by atoms with Gasteiger partial charge in [-0.1, -0.05) is 13.3 Å². The van der Waals surface area contributed by atoms with Crippen molar-refractivity contribution < 1.29 is 4.74 Å². The summed E-state index contributed by atoms with van der Waals surface area (Å²) in [6.45, 7) is 6.22. The Bertz CT molecular complexity index is 623. The smallest absolute Gasteiger partial charge is 0.130 e. The summed E-state index contributed by atoms with van der Waals surface area (Å²) in [6.07, 6.45) is 3.42. The van der Waals surface area contributed by atoms with Crippen LogP contribution in [0.4, 0.5) is 5.82 Å². The summed E-state index contributed by atoms with van der Waals surface area (Å²) in [5.74, 6) is 1.47. The first-order valence-electron chi connectivity index (χ1n) is 6.83. The number of nitrogens with zero attached hydrogens (tertiary/aromatic N) is 2. The molecule has 0 spiro atoms. The molecule has 0 bridgehead atoms.